The average molecular weight is 1090 g/mol. The number of nitrogens with zero attached hydrogens (tertiary/aromatic N) is 4. The van der Waals surface area contributed by atoms with Crippen LogP contribution in [0.5, 0.6) is 0 Å². The van der Waals surface area contributed by atoms with Crippen LogP contribution in [0.25, 0.3) is 0 Å². The summed E-state index contributed by atoms with van der Waals surface area (Å²) in [6, 6.07) is 23.1. The Morgan fingerprint density at radius 3 is 1.46 bits per heavy atom. The summed E-state index contributed by atoms with van der Waals surface area (Å²) in [6.45, 7) is 17.8. The average Bonchev–Trinajstić information content (AvgIpc) is 3.95. The molecule has 4 aromatic carbocycles. The Bertz CT molecular complexity index is 3420. The first kappa shape index (κ1) is 56.8. The van der Waals surface area contributed by atoms with Crippen LogP contribution in [-0.2, 0) is 44.6 Å². The molecule has 4 aliphatic heterocycles. The Labute approximate surface area is 477 Å². The van der Waals surface area contributed by atoms with Gasteiger partial charge < -0.3 is 35.0 Å². The molecule has 0 bridgehead atoms. The second-order valence-corrected chi connectivity index (χ2v) is 24.8. The summed E-state index contributed by atoms with van der Waals surface area (Å²) < 4.78 is 4.38. The molecule has 12 nitrogen and oxygen atoms in total. The van der Waals surface area contributed by atoms with E-state index < -0.39 is 22.8 Å². The fraction of sp³-hybridized carbons (Fsp3) is 0.362. The first-order valence-electron chi connectivity index (χ1n) is 28.3. The monoisotopic (exact) mass is 1090 g/mol. The Morgan fingerprint density at radius 1 is 0.580 bits per heavy atom. The minimum absolute atomic E-state index is 0.0000170. The van der Waals surface area contributed by atoms with Crippen LogP contribution in [0.2, 0.25) is 0 Å². The molecule has 0 unspecified atom stereocenters. The lowest BCUT2D eigenvalue weighted by atomic mass is 9.76. The quantitative estimate of drug-likeness (QED) is 0.0709. The lowest BCUT2D eigenvalue weighted by Gasteiger charge is -2.28. The molecule has 2 aliphatic carbocycles. The number of benzene rings is 4. The molecule has 0 saturated carbocycles. The molecule has 2 N–H and O–H groups in total. The molecule has 81 heavy (non-hydrogen) atoms. The maximum atomic E-state index is 12.2. The van der Waals surface area contributed by atoms with E-state index in [1.54, 1.807) is 18.2 Å². The minimum Gasteiger partial charge on any atom is -0.723 e. The number of hydrogen-bond donors (Lipinski definition) is 2. The predicted molar refractivity (Wildman–Crippen MR) is 317 cm³/mol. The first-order chi connectivity index (χ1) is 38.4. The van der Waals surface area contributed by atoms with Gasteiger partial charge in [-0.25, -0.2) is 9.68 Å². The first-order valence-corrected chi connectivity index (χ1v) is 28.3. The van der Waals surface area contributed by atoms with E-state index in [2.05, 4.69) is 185 Å². The number of likely N-dealkylation sites (N-methyl/N-ethyl adjacent to an activating group) is 2. The SMILES string of the molecule is CN1C(=CC=C2CCCC(C=CC3=[N+](C)c4ccc(C(=O)O)cc4C3(C)C)=C2CC2=C(/C=C/C3=[N+](C)c4ccc(C(=O)[O-])cc4C3(C)C)CCCC2=C/C=C2/N(C)c3ccc(COO)cc3C2(C)C)C(C)(C)c2cc(CO[O-])ccc21. The third-order valence-corrected chi connectivity index (χ3v) is 18.7. The smallest absolute Gasteiger partial charge is 0.335 e. The van der Waals surface area contributed by atoms with Gasteiger partial charge in [0.1, 0.15) is 20.7 Å². The summed E-state index contributed by atoms with van der Waals surface area (Å²) in [5.41, 5.74) is 21.0. The Kier molecular flexibility index (Phi) is 15.0. The largest absolute Gasteiger partial charge is 0.723 e. The number of aromatic carboxylic acids is 2. The summed E-state index contributed by atoms with van der Waals surface area (Å²) >= 11 is 0. The van der Waals surface area contributed by atoms with Crippen LogP contribution >= 0.6 is 0 Å². The number of fused-ring (bicyclic) bond motifs is 4. The van der Waals surface area contributed by atoms with Crippen LogP contribution in [0, 0.1) is 0 Å². The van der Waals surface area contributed by atoms with E-state index in [-0.39, 0.29) is 35.2 Å². The second kappa shape index (κ2) is 21.4. The zero-order valence-corrected chi connectivity index (χ0v) is 49.0. The molecule has 0 radical (unpaired) electrons. The Balaban J connectivity index is 1.14. The third-order valence-electron chi connectivity index (χ3n) is 18.7. The van der Waals surface area contributed by atoms with Crippen molar-refractivity contribution in [3.05, 3.63) is 211 Å². The van der Waals surface area contributed by atoms with Crippen LogP contribution in [0.1, 0.15) is 154 Å². The van der Waals surface area contributed by atoms with Crippen LogP contribution in [0.15, 0.2) is 166 Å². The normalized spacial score (nSPS) is 21.8. The number of rotatable bonds is 14. The summed E-state index contributed by atoms with van der Waals surface area (Å²) in [6.07, 6.45) is 24.6. The highest BCUT2D eigenvalue weighted by atomic mass is 17.1. The summed E-state index contributed by atoms with van der Waals surface area (Å²) in [5, 5.41) is 42.7. The number of carbonyl (C=O) groups excluding carboxylic acids is 1. The van der Waals surface area contributed by atoms with Gasteiger partial charge in [-0.15, -0.1) is 0 Å². The third kappa shape index (κ3) is 9.94. The lowest BCUT2D eigenvalue weighted by molar-refractivity contribution is -0.695. The van der Waals surface area contributed by atoms with Crippen molar-refractivity contribution < 1.29 is 49.2 Å². The zero-order chi connectivity index (χ0) is 58.1. The van der Waals surface area contributed by atoms with Crippen molar-refractivity contribution in [3.8, 4) is 0 Å². The topological polar surface area (TPSA) is 152 Å². The van der Waals surface area contributed by atoms with Gasteiger partial charge in [-0.1, -0.05) is 76.3 Å². The molecule has 6 aliphatic rings. The number of anilines is 2. The maximum absolute atomic E-state index is 12.2. The minimum atomic E-state index is -1.19. The van der Waals surface area contributed by atoms with Crippen molar-refractivity contribution in [2.75, 3.05) is 38.0 Å². The van der Waals surface area contributed by atoms with Crippen LogP contribution in [0.4, 0.5) is 22.7 Å². The van der Waals surface area contributed by atoms with Gasteiger partial charge in [-0.05, 0) is 182 Å². The predicted octanol–water partition coefficient (Wildman–Crippen LogP) is 12.2. The van der Waals surface area contributed by atoms with Gasteiger partial charge in [0.25, 0.3) is 0 Å². The van der Waals surface area contributed by atoms with Crippen molar-refractivity contribution in [2.45, 2.75) is 135 Å². The number of hydrogen-bond acceptors (Lipinski definition) is 9. The van der Waals surface area contributed by atoms with Gasteiger partial charge in [-0.3, -0.25) is 5.26 Å². The van der Waals surface area contributed by atoms with Crippen LogP contribution < -0.4 is 20.2 Å². The van der Waals surface area contributed by atoms with Crippen LogP contribution in [0.3, 0.4) is 0 Å². The number of carboxylic acids is 2. The van der Waals surface area contributed by atoms with Gasteiger partial charge in [0.05, 0.1) is 29.0 Å². The van der Waals surface area contributed by atoms with Crippen LogP contribution in [-0.4, -0.2) is 71.1 Å². The standard InChI is InChI=1S/C69H76N4O8/c1-66(2)52-35-42(40-80-78)19-27-56(52)70(9)60(66)31-23-44-15-13-17-46(25-33-62-68(5,6)54-37-48(64(74)75)21-29-58(54)72(62)11)50(44)39-51-45(24-32-61-67(3,4)53-36-43(41-81-79)20-28-57(53)71(61)10)16-14-18-47(51)26-34-63-69(7,8)55-38-49(65(76)77)22-30-59(55)73(63)12/h19-38H,13-18,39-41H2,1-12H3,(H2-2,74,75,76,77,78,79). The van der Waals surface area contributed by atoms with E-state index in [9.17, 15) is 30.3 Å². The fourth-order valence-corrected chi connectivity index (χ4v) is 14.1. The molecule has 0 amide bonds. The molecule has 0 saturated heterocycles. The van der Waals surface area contributed by atoms with Crippen molar-refractivity contribution >= 4 is 46.1 Å². The highest BCUT2D eigenvalue weighted by Crippen LogP contribution is 2.50. The molecule has 0 atom stereocenters. The molecule has 0 fully saturated rings. The number of allylic oxidation sites excluding steroid dienone is 16. The fourth-order valence-electron chi connectivity index (χ4n) is 14.1. The molecule has 10 rings (SSSR count). The van der Waals surface area contributed by atoms with Crippen molar-refractivity contribution in [1.82, 2.24) is 0 Å². The van der Waals surface area contributed by atoms with Gasteiger partial charge in [0.15, 0.2) is 11.4 Å². The van der Waals surface area contributed by atoms with Gasteiger partial charge in [0.2, 0.25) is 11.4 Å². The van der Waals surface area contributed by atoms with Gasteiger partial charge in [0, 0.05) is 83.1 Å². The van der Waals surface area contributed by atoms with E-state index in [1.807, 2.05) is 30.3 Å². The van der Waals surface area contributed by atoms with E-state index in [4.69, 9.17) is 0 Å². The molecule has 4 heterocycles. The Hall–Kier alpha value is -7.48. The molecular formula is C69H76N4O8. The highest BCUT2D eigenvalue weighted by Gasteiger charge is 2.45. The van der Waals surface area contributed by atoms with Crippen molar-refractivity contribution in [2.24, 2.45) is 0 Å². The van der Waals surface area contributed by atoms with Crippen molar-refractivity contribution in [3.63, 3.8) is 0 Å². The molecule has 0 aromatic heterocycles. The van der Waals surface area contributed by atoms with E-state index >= 15 is 0 Å². The number of carboxylic acid groups (broad SMARTS) is 2. The Morgan fingerprint density at radius 2 is 1.02 bits per heavy atom. The van der Waals surface area contributed by atoms with E-state index in [1.165, 1.54) is 39.0 Å². The highest BCUT2D eigenvalue weighted by molar-refractivity contribution is 6.05. The lowest BCUT2D eigenvalue weighted by Crippen LogP contribution is -2.27. The van der Waals surface area contributed by atoms with Gasteiger partial charge >= 0.3 is 5.97 Å². The van der Waals surface area contributed by atoms with E-state index in [0.717, 1.165) is 112 Å². The summed E-state index contributed by atoms with van der Waals surface area (Å²) in [5.74, 6) is -2.14. The summed E-state index contributed by atoms with van der Waals surface area (Å²) in [4.78, 5) is 37.7. The maximum Gasteiger partial charge on any atom is 0.335 e. The number of carbonyl (C=O) groups is 2. The van der Waals surface area contributed by atoms with E-state index in [0.29, 0.717) is 6.42 Å². The zero-order valence-electron chi connectivity index (χ0n) is 49.0. The molecular weight excluding hydrogens is 1010 g/mol. The second-order valence-electron chi connectivity index (χ2n) is 24.8. The van der Waals surface area contributed by atoms with Gasteiger partial charge in [-0.2, -0.15) is 9.15 Å². The van der Waals surface area contributed by atoms with Crippen molar-refractivity contribution in [1.29, 1.82) is 0 Å². The molecule has 12 heteroatoms. The molecule has 0 spiro atoms. The summed E-state index contributed by atoms with van der Waals surface area (Å²) in [7, 11) is 8.37. The molecule has 420 valence electrons. The molecule has 4 aromatic rings.